The largest absolute Gasteiger partial charge is 0.503 e. The summed E-state index contributed by atoms with van der Waals surface area (Å²) in [7, 11) is 1.27. The van der Waals surface area contributed by atoms with Crippen molar-refractivity contribution in [3.8, 4) is 0 Å². The zero-order valence-corrected chi connectivity index (χ0v) is 19.9. The number of hydrogen-bond acceptors (Lipinski definition) is 5. The van der Waals surface area contributed by atoms with Gasteiger partial charge in [-0.25, -0.2) is 9.18 Å². The smallest absolute Gasteiger partial charge is 0.337 e. The van der Waals surface area contributed by atoms with E-state index >= 15 is 0 Å². The van der Waals surface area contributed by atoms with Crippen LogP contribution in [0.25, 0.3) is 10.9 Å². The van der Waals surface area contributed by atoms with E-state index in [1.54, 1.807) is 12.1 Å². The number of fused-ring (bicyclic) bond motifs is 1. The topological polar surface area (TPSA) is 99.7 Å². The molecule has 0 bridgehead atoms. The van der Waals surface area contributed by atoms with Crippen LogP contribution in [0.2, 0.25) is 0 Å². The molecule has 0 fully saturated rings. The first-order valence-electron chi connectivity index (χ1n) is 11.7. The standard InChI is InChI=1S/C29H23FN2O5/c1-37-29(36)18-12-10-17(11-13-18)25-24(26(33)21-7-2-4-8-22(21)30)27(34)28(35)32(25)15-14-19-16-31-23-9-5-3-6-20(19)23/h2-13,16,25,31,34H,14-15H2,1H3. The Kier molecular flexibility index (Phi) is 6.31. The zero-order valence-electron chi connectivity index (χ0n) is 19.9. The number of amides is 1. The van der Waals surface area contributed by atoms with E-state index < -0.39 is 35.3 Å². The summed E-state index contributed by atoms with van der Waals surface area (Å²) < 4.78 is 19.3. The van der Waals surface area contributed by atoms with Gasteiger partial charge in [0.05, 0.1) is 29.9 Å². The number of aromatic nitrogens is 1. The Labute approximate surface area is 211 Å². The van der Waals surface area contributed by atoms with Crippen molar-refractivity contribution in [2.45, 2.75) is 12.5 Å². The van der Waals surface area contributed by atoms with Gasteiger partial charge in [0.25, 0.3) is 5.91 Å². The Morgan fingerprint density at radius 3 is 2.46 bits per heavy atom. The van der Waals surface area contributed by atoms with Gasteiger partial charge in [-0.05, 0) is 47.9 Å². The highest BCUT2D eigenvalue weighted by Crippen LogP contribution is 2.39. The Morgan fingerprint density at radius 1 is 1.03 bits per heavy atom. The van der Waals surface area contributed by atoms with Gasteiger partial charge in [-0.3, -0.25) is 9.59 Å². The maximum absolute atomic E-state index is 14.5. The molecular formula is C29H23FN2O5. The molecule has 4 aromatic rings. The molecule has 2 N–H and O–H groups in total. The molecule has 1 aromatic heterocycles. The lowest BCUT2D eigenvalue weighted by Gasteiger charge is -2.27. The van der Waals surface area contributed by atoms with Crippen LogP contribution in [-0.2, 0) is 16.0 Å². The molecule has 8 heteroatoms. The number of nitrogens with zero attached hydrogens (tertiary/aromatic N) is 1. The average molecular weight is 499 g/mol. The molecular weight excluding hydrogens is 475 g/mol. The number of Topliss-reactive ketones (excluding diaryl/α,β-unsaturated/α-hetero) is 1. The quantitative estimate of drug-likeness (QED) is 0.279. The van der Waals surface area contributed by atoms with Crippen LogP contribution in [0.15, 0.2) is 90.3 Å². The number of methoxy groups -OCH3 is 1. The summed E-state index contributed by atoms with van der Waals surface area (Å²) in [5.41, 5.74) is 2.25. The van der Waals surface area contributed by atoms with E-state index in [-0.39, 0.29) is 23.2 Å². The van der Waals surface area contributed by atoms with Crippen LogP contribution in [0.4, 0.5) is 4.39 Å². The van der Waals surface area contributed by atoms with Crippen molar-refractivity contribution >= 4 is 28.6 Å². The molecule has 0 saturated heterocycles. The van der Waals surface area contributed by atoms with Crippen LogP contribution in [0.3, 0.4) is 0 Å². The molecule has 1 aliphatic heterocycles. The lowest BCUT2D eigenvalue weighted by molar-refractivity contribution is -0.129. The third-order valence-electron chi connectivity index (χ3n) is 6.61. The number of H-pyrrole nitrogens is 1. The minimum Gasteiger partial charge on any atom is -0.503 e. The number of rotatable bonds is 7. The van der Waals surface area contributed by atoms with Gasteiger partial charge in [-0.1, -0.05) is 42.5 Å². The van der Waals surface area contributed by atoms with Crippen molar-refractivity contribution < 1.29 is 28.6 Å². The molecule has 186 valence electrons. The molecule has 37 heavy (non-hydrogen) atoms. The fourth-order valence-electron chi connectivity index (χ4n) is 4.75. The molecule has 1 atom stereocenters. The summed E-state index contributed by atoms with van der Waals surface area (Å²) in [6.45, 7) is 0.183. The molecule has 1 unspecified atom stereocenters. The maximum Gasteiger partial charge on any atom is 0.337 e. The molecule has 1 aliphatic rings. The number of halogens is 1. The second kappa shape index (κ2) is 9.73. The van der Waals surface area contributed by atoms with Gasteiger partial charge in [-0.15, -0.1) is 0 Å². The monoisotopic (exact) mass is 498 g/mol. The first-order chi connectivity index (χ1) is 17.9. The SMILES string of the molecule is COC(=O)c1ccc(C2C(C(=O)c3ccccc3F)=C(O)C(=O)N2CCc2c[nH]c3ccccc23)cc1. The number of hydrogen-bond donors (Lipinski definition) is 2. The van der Waals surface area contributed by atoms with Crippen molar-refractivity contribution in [2.75, 3.05) is 13.7 Å². The summed E-state index contributed by atoms with van der Waals surface area (Å²) in [5, 5.41) is 11.9. The van der Waals surface area contributed by atoms with Gasteiger partial charge in [0.1, 0.15) is 5.82 Å². The molecule has 0 radical (unpaired) electrons. The Morgan fingerprint density at radius 2 is 1.73 bits per heavy atom. The van der Waals surface area contributed by atoms with Crippen LogP contribution in [-0.4, -0.2) is 46.3 Å². The van der Waals surface area contributed by atoms with Gasteiger partial charge < -0.3 is 19.7 Å². The third-order valence-corrected chi connectivity index (χ3v) is 6.61. The zero-order chi connectivity index (χ0) is 26.1. The van der Waals surface area contributed by atoms with E-state index in [1.807, 2.05) is 30.5 Å². The summed E-state index contributed by atoms with van der Waals surface area (Å²) >= 11 is 0. The van der Waals surface area contributed by atoms with Crippen LogP contribution in [0, 0.1) is 5.82 Å². The van der Waals surface area contributed by atoms with E-state index in [4.69, 9.17) is 4.74 Å². The van der Waals surface area contributed by atoms with Crippen molar-refractivity contribution in [3.05, 3.63) is 118 Å². The fraction of sp³-hybridized carbons (Fsp3) is 0.138. The number of aliphatic hydroxyl groups excluding tert-OH is 1. The molecule has 0 aliphatic carbocycles. The average Bonchev–Trinajstić information content (AvgIpc) is 3.45. The highest BCUT2D eigenvalue weighted by Gasteiger charge is 2.44. The fourth-order valence-corrected chi connectivity index (χ4v) is 4.75. The van der Waals surface area contributed by atoms with Crippen LogP contribution >= 0.6 is 0 Å². The van der Waals surface area contributed by atoms with E-state index in [9.17, 15) is 23.9 Å². The van der Waals surface area contributed by atoms with Gasteiger partial charge in [0.15, 0.2) is 11.5 Å². The van der Waals surface area contributed by atoms with Gasteiger partial charge in [0, 0.05) is 23.6 Å². The number of para-hydroxylation sites is 1. The minimum absolute atomic E-state index is 0.183. The van der Waals surface area contributed by atoms with Crippen LogP contribution < -0.4 is 0 Å². The normalized spacial score (nSPS) is 15.5. The number of esters is 1. The van der Waals surface area contributed by atoms with E-state index in [0.29, 0.717) is 12.0 Å². The van der Waals surface area contributed by atoms with Crippen molar-refractivity contribution in [3.63, 3.8) is 0 Å². The lowest BCUT2D eigenvalue weighted by atomic mass is 9.92. The molecule has 0 saturated carbocycles. The molecule has 1 amide bonds. The molecule has 3 aromatic carbocycles. The maximum atomic E-state index is 14.5. The number of aliphatic hydroxyl groups is 1. The van der Waals surface area contributed by atoms with Crippen LogP contribution in [0.1, 0.15) is 37.9 Å². The first kappa shape index (κ1) is 24.0. The van der Waals surface area contributed by atoms with E-state index in [1.165, 1.54) is 42.3 Å². The Balaban J connectivity index is 1.54. The van der Waals surface area contributed by atoms with E-state index in [0.717, 1.165) is 22.5 Å². The second-order valence-corrected chi connectivity index (χ2v) is 8.70. The Hall–Kier alpha value is -4.72. The van der Waals surface area contributed by atoms with Gasteiger partial charge >= 0.3 is 5.97 Å². The first-order valence-corrected chi connectivity index (χ1v) is 11.7. The predicted molar refractivity (Wildman–Crippen MR) is 135 cm³/mol. The highest BCUT2D eigenvalue weighted by atomic mass is 19.1. The Bertz CT molecular complexity index is 1550. The summed E-state index contributed by atoms with van der Waals surface area (Å²) in [6, 6.07) is 18.4. The molecule has 0 spiro atoms. The number of ether oxygens (including phenoxy) is 1. The molecule has 5 rings (SSSR count). The highest BCUT2D eigenvalue weighted by molar-refractivity contribution is 6.16. The molecule has 2 heterocycles. The minimum atomic E-state index is -0.975. The number of nitrogens with one attached hydrogen (secondary N) is 1. The van der Waals surface area contributed by atoms with Crippen LogP contribution in [0.5, 0.6) is 0 Å². The number of aromatic amines is 1. The van der Waals surface area contributed by atoms with Gasteiger partial charge in [0.2, 0.25) is 0 Å². The predicted octanol–water partition coefficient (Wildman–Crippen LogP) is 4.91. The summed E-state index contributed by atoms with van der Waals surface area (Å²) in [5.74, 6) is -3.50. The third kappa shape index (κ3) is 4.27. The molecule has 7 nitrogen and oxygen atoms in total. The van der Waals surface area contributed by atoms with E-state index in [2.05, 4.69) is 4.98 Å². The summed E-state index contributed by atoms with van der Waals surface area (Å²) in [4.78, 5) is 43.2. The number of carbonyl (C=O) groups excluding carboxylic acids is 3. The number of carbonyl (C=O) groups is 3. The lowest BCUT2D eigenvalue weighted by Crippen LogP contribution is -2.33. The van der Waals surface area contributed by atoms with Crippen molar-refractivity contribution in [1.29, 1.82) is 0 Å². The number of benzene rings is 3. The van der Waals surface area contributed by atoms with Gasteiger partial charge in [-0.2, -0.15) is 0 Å². The summed E-state index contributed by atoms with van der Waals surface area (Å²) in [6.07, 6.45) is 2.31. The van der Waals surface area contributed by atoms with Crippen molar-refractivity contribution in [1.82, 2.24) is 9.88 Å². The second-order valence-electron chi connectivity index (χ2n) is 8.70. The van der Waals surface area contributed by atoms with Crippen molar-refractivity contribution in [2.24, 2.45) is 0 Å². The number of ketones is 1.